The SMILES string of the molecule is C=CCN(C(=O)[C@@H]1[C@@H]2CCC3(O2)C(C(=O)N(CC=C)C(C)C)N([C@@H](CO)[C@@H](C)CC)C(=O)[C@H]13)c1ccccc1. The Kier molecular flexibility index (Phi) is 8.66. The van der Waals surface area contributed by atoms with Crippen molar-refractivity contribution in [3.05, 3.63) is 55.6 Å². The summed E-state index contributed by atoms with van der Waals surface area (Å²) in [7, 11) is 0. The molecule has 3 fully saturated rings. The number of hydrogen-bond donors (Lipinski definition) is 1. The summed E-state index contributed by atoms with van der Waals surface area (Å²) in [6.45, 7) is 15.9. The van der Waals surface area contributed by atoms with Crippen LogP contribution in [0.4, 0.5) is 5.69 Å². The third-order valence-corrected chi connectivity index (χ3v) is 8.98. The van der Waals surface area contributed by atoms with E-state index >= 15 is 0 Å². The van der Waals surface area contributed by atoms with Gasteiger partial charge in [0, 0.05) is 24.8 Å². The Morgan fingerprint density at radius 2 is 1.82 bits per heavy atom. The average Bonchev–Trinajstić information content (AvgIpc) is 3.58. The van der Waals surface area contributed by atoms with E-state index in [9.17, 15) is 19.5 Å². The van der Waals surface area contributed by atoms with Crippen LogP contribution in [0.25, 0.3) is 0 Å². The molecule has 2 bridgehead atoms. The lowest BCUT2D eigenvalue weighted by atomic mass is 9.70. The van der Waals surface area contributed by atoms with Crippen LogP contribution in [0.5, 0.6) is 0 Å². The summed E-state index contributed by atoms with van der Waals surface area (Å²) < 4.78 is 6.64. The van der Waals surface area contributed by atoms with E-state index in [0.29, 0.717) is 25.9 Å². The van der Waals surface area contributed by atoms with E-state index in [0.717, 1.165) is 12.1 Å². The first-order valence-corrected chi connectivity index (χ1v) is 14.2. The molecule has 3 aliphatic rings. The number of benzene rings is 1. The van der Waals surface area contributed by atoms with Crippen LogP contribution in [0.2, 0.25) is 0 Å². The predicted octanol–water partition coefficient (Wildman–Crippen LogP) is 3.41. The molecule has 4 rings (SSSR count). The van der Waals surface area contributed by atoms with Gasteiger partial charge in [-0.15, -0.1) is 13.2 Å². The molecule has 1 aromatic carbocycles. The molecule has 39 heavy (non-hydrogen) atoms. The van der Waals surface area contributed by atoms with Crippen LogP contribution < -0.4 is 4.90 Å². The fourth-order valence-electron chi connectivity index (χ4n) is 6.91. The van der Waals surface area contributed by atoms with Crippen molar-refractivity contribution in [2.24, 2.45) is 17.8 Å². The van der Waals surface area contributed by atoms with E-state index < -0.39 is 35.6 Å². The summed E-state index contributed by atoms with van der Waals surface area (Å²) in [5, 5.41) is 10.5. The van der Waals surface area contributed by atoms with E-state index in [1.807, 2.05) is 58.0 Å². The Bertz CT molecular complexity index is 1090. The fourth-order valence-corrected chi connectivity index (χ4v) is 6.91. The van der Waals surface area contributed by atoms with Gasteiger partial charge >= 0.3 is 0 Å². The molecule has 1 spiro atoms. The number of amides is 3. The normalized spacial score (nSPS) is 28.8. The van der Waals surface area contributed by atoms with Crippen LogP contribution in [-0.4, -0.2) is 82.2 Å². The number of nitrogens with zero attached hydrogens (tertiary/aromatic N) is 3. The van der Waals surface area contributed by atoms with Gasteiger partial charge in [-0.1, -0.05) is 50.6 Å². The number of carbonyl (C=O) groups is 3. The molecule has 3 aliphatic heterocycles. The Morgan fingerprint density at radius 1 is 1.15 bits per heavy atom. The maximum atomic E-state index is 14.4. The van der Waals surface area contributed by atoms with Crippen molar-refractivity contribution in [1.82, 2.24) is 9.80 Å². The third kappa shape index (κ3) is 4.72. The van der Waals surface area contributed by atoms with Crippen LogP contribution in [0.1, 0.15) is 47.0 Å². The van der Waals surface area contributed by atoms with Crippen LogP contribution >= 0.6 is 0 Å². The zero-order valence-electron chi connectivity index (χ0n) is 23.7. The van der Waals surface area contributed by atoms with Gasteiger partial charge in [0.1, 0.15) is 11.6 Å². The van der Waals surface area contributed by atoms with Gasteiger partial charge in [-0.3, -0.25) is 14.4 Å². The lowest BCUT2D eigenvalue weighted by molar-refractivity contribution is -0.153. The van der Waals surface area contributed by atoms with Crippen molar-refractivity contribution in [1.29, 1.82) is 0 Å². The lowest BCUT2D eigenvalue weighted by Gasteiger charge is -2.41. The van der Waals surface area contributed by atoms with Gasteiger partial charge in [-0.2, -0.15) is 0 Å². The summed E-state index contributed by atoms with van der Waals surface area (Å²) >= 11 is 0. The first-order chi connectivity index (χ1) is 18.7. The number of likely N-dealkylation sites (tertiary alicyclic amines) is 1. The van der Waals surface area contributed by atoms with Crippen LogP contribution in [0.15, 0.2) is 55.6 Å². The Morgan fingerprint density at radius 3 is 2.38 bits per heavy atom. The van der Waals surface area contributed by atoms with Crippen molar-refractivity contribution in [3.8, 4) is 0 Å². The summed E-state index contributed by atoms with van der Waals surface area (Å²) in [6, 6.07) is 7.73. The minimum atomic E-state index is -1.12. The van der Waals surface area contributed by atoms with Crippen LogP contribution in [0, 0.1) is 17.8 Å². The molecule has 0 radical (unpaired) electrons. The highest BCUT2D eigenvalue weighted by molar-refractivity contribution is 6.03. The standard InChI is InChI=1S/C31H43N3O5/c1-7-17-32(20(4)5)30(38)27-31-16-15-24(39-31)25(26(31)29(37)34(27)23(19-35)21(6)9-3)28(36)33(18-8-2)22-13-11-10-12-14-22/h7-8,10-14,20-21,23-27,35H,1-2,9,15-19H2,3-6H3/t21-,23-,24-,25+,26-,27?,31?/m0/s1. The van der Waals surface area contributed by atoms with Crippen molar-refractivity contribution in [2.75, 3.05) is 24.6 Å². The number of fused-ring (bicyclic) bond motifs is 1. The number of ether oxygens (including phenoxy) is 1. The van der Waals surface area contributed by atoms with Crippen molar-refractivity contribution >= 4 is 23.4 Å². The molecule has 3 amide bonds. The van der Waals surface area contributed by atoms with E-state index in [-0.39, 0.29) is 36.3 Å². The second kappa shape index (κ2) is 11.6. The number of aliphatic hydroxyl groups excluding tert-OH is 1. The van der Waals surface area contributed by atoms with E-state index in [2.05, 4.69) is 13.2 Å². The van der Waals surface area contributed by atoms with Gasteiger partial charge in [0.05, 0.1) is 30.6 Å². The predicted molar refractivity (Wildman–Crippen MR) is 151 cm³/mol. The second-order valence-electron chi connectivity index (χ2n) is 11.4. The molecule has 1 N–H and O–H groups in total. The second-order valence-corrected chi connectivity index (χ2v) is 11.4. The van der Waals surface area contributed by atoms with Gasteiger partial charge in [0.25, 0.3) is 0 Å². The Hall–Kier alpha value is -2.97. The topological polar surface area (TPSA) is 90.4 Å². The molecule has 3 heterocycles. The quantitative estimate of drug-likeness (QED) is 0.413. The van der Waals surface area contributed by atoms with Gasteiger partial charge in [0.15, 0.2) is 0 Å². The summed E-state index contributed by atoms with van der Waals surface area (Å²) in [4.78, 5) is 48.0. The van der Waals surface area contributed by atoms with Gasteiger partial charge in [0.2, 0.25) is 17.7 Å². The van der Waals surface area contributed by atoms with Crippen molar-refractivity contribution in [2.45, 2.75) is 76.8 Å². The smallest absolute Gasteiger partial charge is 0.248 e. The number of para-hydroxylation sites is 1. The number of rotatable bonds is 12. The summed E-state index contributed by atoms with van der Waals surface area (Å²) in [6.07, 6.45) is 4.72. The largest absolute Gasteiger partial charge is 0.394 e. The molecule has 212 valence electrons. The molecule has 1 aromatic rings. The first-order valence-electron chi connectivity index (χ1n) is 14.2. The summed E-state index contributed by atoms with van der Waals surface area (Å²) in [5.74, 6) is -2.27. The molecular formula is C31H43N3O5. The Labute approximate surface area is 232 Å². The highest BCUT2D eigenvalue weighted by Gasteiger charge is 2.75. The zero-order chi connectivity index (χ0) is 28.5. The molecule has 8 heteroatoms. The highest BCUT2D eigenvalue weighted by atomic mass is 16.5. The Balaban J connectivity index is 1.82. The van der Waals surface area contributed by atoms with E-state index in [1.165, 1.54) is 0 Å². The summed E-state index contributed by atoms with van der Waals surface area (Å²) in [5.41, 5.74) is -0.399. The third-order valence-electron chi connectivity index (χ3n) is 8.98. The minimum Gasteiger partial charge on any atom is -0.394 e. The minimum absolute atomic E-state index is 0.0516. The number of carbonyl (C=O) groups excluding carboxylic acids is 3. The van der Waals surface area contributed by atoms with Gasteiger partial charge < -0.3 is 24.5 Å². The van der Waals surface area contributed by atoms with Gasteiger partial charge in [-0.25, -0.2) is 0 Å². The average molecular weight is 538 g/mol. The number of aliphatic hydroxyl groups is 1. The lowest BCUT2D eigenvalue weighted by Crippen LogP contribution is -2.60. The number of anilines is 1. The maximum absolute atomic E-state index is 14.4. The molecule has 2 unspecified atom stereocenters. The molecule has 7 atom stereocenters. The fraction of sp³-hybridized carbons (Fsp3) is 0.581. The molecular weight excluding hydrogens is 494 g/mol. The molecule has 0 aliphatic carbocycles. The van der Waals surface area contributed by atoms with Crippen molar-refractivity contribution < 1.29 is 24.2 Å². The molecule has 8 nitrogen and oxygen atoms in total. The van der Waals surface area contributed by atoms with E-state index in [1.54, 1.807) is 26.9 Å². The zero-order valence-corrected chi connectivity index (χ0v) is 23.7. The molecule has 0 saturated carbocycles. The molecule has 0 aromatic heterocycles. The van der Waals surface area contributed by atoms with Crippen molar-refractivity contribution in [3.63, 3.8) is 0 Å². The monoisotopic (exact) mass is 537 g/mol. The van der Waals surface area contributed by atoms with Crippen LogP contribution in [-0.2, 0) is 19.1 Å². The van der Waals surface area contributed by atoms with Crippen LogP contribution in [0.3, 0.4) is 0 Å². The number of hydrogen-bond acceptors (Lipinski definition) is 5. The first kappa shape index (κ1) is 29.0. The maximum Gasteiger partial charge on any atom is 0.248 e. The van der Waals surface area contributed by atoms with E-state index in [4.69, 9.17) is 4.74 Å². The highest BCUT2D eigenvalue weighted by Crippen LogP contribution is 2.59. The van der Waals surface area contributed by atoms with Gasteiger partial charge in [-0.05, 0) is 44.7 Å². The molecule has 3 saturated heterocycles.